The number of nitrogens with one attached hydrogen (secondary N) is 2. The standard InChI is InChI=1S/C19H28N2O3/c1-14(7-6-12-22)20-19(24)16-10-5-11-17(13-16)21-18(23)15-8-3-2-4-9-15/h5,10-11,13-15,22H,2-4,6-9,12H2,1H3,(H,20,24)(H,21,23). The van der Waals surface area contributed by atoms with Crippen molar-refractivity contribution in [1.29, 1.82) is 0 Å². The number of rotatable bonds is 7. The Bertz CT molecular complexity index is 553. The Morgan fingerprint density at radius 2 is 2.00 bits per heavy atom. The lowest BCUT2D eigenvalue weighted by Gasteiger charge is -2.21. The molecule has 5 nitrogen and oxygen atoms in total. The summed E-state index contributed by atoms with van der Waals surface area (Å²) in [5.41, 5.74) is 1.20. The molecule has 0 aliphatic heterocycles. The van der Waals surface area contributed by atoms with Crippen molar-refractivity contribution < 1.29 is 14.7 Å². The minimum atomic E-state index is -0.158. The van der Waals surface area contributed by atoms with Gasteiger partial charge in [0.1, 0.15) is 0 Å². The summed E-state index contributed by atoms with van der Waals surface area (Å²) in [7, 11) is 0. The number of carbonyl (C=O) groups excluding carboxylic acids is 2. The Hall–Kier alpha value is -1.88. The molecule has 1 aliphatic rings. The smallest absolute Gasteiger partial charge is 0.251 e. The van der Waals surface area contributed by atoms with Crippen molar-refractivity contribution in [3.8, 4) is 0 Å². The summed E-state index contributed by atoms with van der Waals surface area (Å²) in [6.45, 7) is 2.05. The first-order valence-corrected chi connectivity index (χ1v) is 8.93. The van der Waals surface area contributed by atoms with Crippen molar-refractivity contribution in [1.82, 2.24) is 5.32 Å². The van der Waals surface area contributed by atoms with Crippen molar-refractivity contribution in [2.24, 2.45) is 5.92 Å². The third-order valence-corrected chi connectivity index (χ3v) is 4.54. The molecule has 1 aliphatic carbocycles. The Labute approximate surface area is 143 Å². The lowest BCUT2D eigenvalue weighted by molar-refractivity contribution is -0.120. The van der Waals surface area contributed by atoms with Crippen molar-refractivity contribution >= 4 is 17.5 Å². The van der Waals surface area contributed by atoms with Crippen LogP contribution in [-0.2, 0) is 4.79 Å². The number of aliphatic hydroxyl groups is 1. The fourth-order valence-corrected chi connectivity index (χ4v) is 3.12. The first-order chi connectivity index (χ1) is 11.6. The number of amides is 2. The van der Waals surface area contributed by atoms with Gasteiger partial charge in [-0.3, -0.25) is 9.59 Å². The van der Waals surface area contributed by atoms with E-state index in [0.717, 1.165) is 32.1 Å². The molecular weight excluding hydrogens is 304 g/mol. The van der Waals surface area contributed by atoms with E-state index in [1.807, 2.05) is 13.0 Å². The summed E-state index contributed by atoms with van der Waals surface area (Å²) in [5, 5.41) is 14.7. The van der Waals surface area contributed by atoms with Crippen LogP contribution in [0.15, 0.2) is 24.3 Å². The van der Waals surface area contributed by atoms with Gasteiger partial charge in [0.25, 0.3) is 5.91 Å². The van der Waals surface area contributed by atoms with Gasteiger partial charge in [0, 0.05) is 29.8 Å². The van der Waals surface area contributed by atoms with Crippen molar-refractivity contribution in [3.05, 3.63) is 29.8 Å². The van der Waals surface area contributed by atoms with Crippen LogP contribution in [0.5, 0.6) is 0 Å². The maximum Gasteiger partial charge on any atom is 0.251 e. The maximum absolute atomic E-state index is 12.3. The van der Waals surface area contributed by atoms with E-state index in [0.29, 0.717) is 17.7 Å². The molecule has 1 atom stereocenters. The van der Waals surface area contributed by atoms with Crippen LogP contribution in [0.4, 0.5) is 5.69 Å². The largest absolute Gasteiger partial charge is 0.396 e. The predicted molar refractivity (Wildman–Crippen MR) is 94.9 cm³/mol. The zero-order valence-electron chi connectivity index (χ0n) is 14.4. The van der Waals surface area contributed by atoms with Crippen LogP contribution in [0.3, 0.4) is 0 Å². The number of benzene rings is 1. The average molecular weight is 332 g/mol. The van der Waals surface area contributed by atoms with Gasteiger partial charge in [-0.1, -0.05) is 25.3 Å². The van der Waals surface area contributed by atoms with Gasteiger partial charge in [0.05, 0.1) is 0 Å². The van der Waals surface area contributed by atoms with Crippen molar-refractivity contribution in [3.63, 3.8) is 0 Å². The summed E-state index contributed by atoms with van der Waals surface area (Å²) >= 11 is 0. The van der Waals surface area contributed by atoms with Gasteiger partial charge in [0.2, 0.25) is 5.91 Å². The van der Waals surface area contributed by atoms with E-state index in [9.17, 15) is 9.59 Å². The summed E-state index contributed by atoms with van der Waals surface area (Å²) in [4.78, 5) is 24.6. The molecule has 2 rings (SSSR count). The molecule has 0 bridgehead atoms. The SMILES string of the molecule is CC(CCCO)NC(=O)c1cccc(NC(=O)C2CCCCC2)c1. The highest BCUT2D eigenvalue weighted by Gasteiger charge is 2.21. The van der Waals surface area contributed by atoms with Crippen LogP contribution in [0, 0.1) is 5.92 Å². The third kappa shape index (κ3) is 5.64. The van der Waals surface area contributed by atoms with Crippen LogP contribution >= 0.6 is 0 Å². The highest BCUT2D eigenvalue weighted by molar-refractivity contribution is 5.97. The molecule has 132 valence electrons. The lowest BCUT2D eigenvalue weighted by atomic mass is 9.88. The van der Waals surface area contributed by atoms with E-state index in [1.54, 1.807) is 18.2 Å². The number of anilines is 1. The molecule has 2 amide bonds. The monoisotopic (exact) mass is 332 g/mol. The second kappa shape index (κ2) is 9.42. The quantitative estimate of drug-likeness (QED) is 0.718. The molecule has 0 radical (unpaired) electrons. The van der Waals surface area contributed by atoms with Gasteiger partial charge in [0.15, 0.2) is 0 Å². The fourth-order valence-electron chi connectivity index (χ4n) is 3.12. The molecule has 0 saturated heterocycles. The van der Waals surface area contributed by atoms with E-state index >= 15 is 0 Å². The second-order valence-corrected chi connectivity index (χ2v) is 6.65. The highest BCUT2D eigenvalue weighted by Crippen LogP contribution is 2.25. The molecule has 1 aromatic carbocycles. The Balaban J connectivity index is 1.92. The summed E-state index contributed by atoms with van der Waals surface area (Å²) in [6.07, 6.45) is 6.76. The van der Waals surface area contributed by atoms with Crippen LogP contribution < -0.4 is 10.6 Å². The van der Waals surface area contributed by atoms with Gasteiger partial charge in [-0.15, -0.1) is 0 Å². The zero-order valence-corrected chi connectivity index (χ0v) is 14.4. The lowest BCUT2D eigenvalue weighted by Crippen LogP contribution is -2.32. The zero-order chi connectivity index (χ0) is 17.4. The van der Waals surface area contributed by atoms with Crippen LogP contribution in [0.1, 0.15) is 62.2 Å². The van der Waals surface area contributed by atoms with Crippen molar-refractivity contribution in [2.75, 3.05) is 11.9 Å². The first-order valence-electron chi connectivity index (χ1n) is 8.93. The molecule has 24 heavy (non-hydrogen) atoms. The Morgan fingerprint density at radius 1 is 1.25 bits per heavy atom. The molecule has 1 unspecified atom stereocenters. The van der Waals surface area contributed by atoms with Crippen LogP contribution in [0.2, 0.25) is 0 Å². The minimum Gasteiger partial charge on any atom is -0.396 e. The van der Waals surface area contributed by atoms with E-state index in [1.165, 1.54) is 6.42 Å². The predicted octanol–water partition coefficient (Wildman–Crippen LogP) is 3.10. The normalized spacial score (nSPS) is 16.4. The summed E-state index contributed by atoms with van der Waals surface area (Å²) in [6, 6.07) is 7.06. The molecule has 5 heteroatoms. The van der Waals surface area contributed by atoms with Gasteiger partial charge >= 0.3 is 0 Å². The molecule has 0 heterocycles. The average Bonchev–Trinajstić information content (AvgIpc) is 2.61. The second-order valence-electron chi connectivity index (χ2n) is 6.65. The Morgan fingerprint density at radius 3 is 2.71 bits per heavy atom. The van der Waals surface area contributed by atoms with E-state index in [2.05, 4.69) is 10.6 Å². The first kappa shape index (κ1) is 18.5. The van der Waals surface area contributed by atoms with Gasteiger partial charge in [-0.05, 0) is 50.8 Å². The van der Waals surface area contributed by atoms with E-state index < -0.39 is 0 Å². The number of carbonyl (C=O) groups is 2. The molecule has 0 spiro atoms. The van der Waals surface area contributed by atoms with Gasteiger partial charge in [-0.2, -0.15) is 0 Å². The molecule has 1 saturated carbocycles. The van der Waals surface area contributed by atoms with Crippen molar-refractivity contribution in [2.45, 2.75) is 57.9 Å². The van der Waals surface area contributed by atoms with E-state index in [4.69, 9.17) is 5.11 Å². The number of hydrogen-bond acceptors (Lipinski definition) is 3. The van der Waals surface area contributed by atoms with E-state index in [-0.39, 0.29) is 30.4 Å². The topological polar surface area (TPSA) is 78.4 Å². The molecule has 1 fully saturated rings. The molecule has 1 aromatic rings. The number of hydrogen-bond donors (Lipinski definition) is 3. The highest BCUT2D eigenvalue weighted by atomic mass is 16.3. The summed E-state index contributed by atoms with van der Waals surface area (Å²) < 4.78 is 0. The van der Waals surface area contributed by atoms with Gasteiger partial charge in [-0.25, -0.2) is 0 Å². The molecular formula is C19H28N2O3. The van der Waals surface area contributed by atoms with Gasteiger partial charge < -0.3 is 15.7 Å². The maximum atomic E-state index is 12.3. The molecule has 0 aromatic heterocycles. The van der Waals surface area contributed by atoms with Crippen LogP contribution in [0.25, 0.3) is 0 Å². The third-order valence-electron chi connectivity index (χ3n) is 4.54. The molecule has 3 N–H and O–H groups in total. The summed E-state index contributed by atoms with van der Waals surface area (Å²) in [5.74, 6) is -0.00693. The number of aliphatic hydroxyl groups excluding tert-OH is 1. The minimum absolute atomic E-state index is 0.00476. The fraction of sp³-hybridized carbons (Fsp3) is 0.579. The Kier molecular flexibility index (Phi) is 7.25. The van der Waals surface area contributed by atoms with Crippen LogP contribution in [-0.4, -0.2) is 29.6 Å².